The number of nitrogens with zero attached hydrogens (tertiary/aromatic N) is 1. The van der Waals surface area contributed by atoms with Crippen molar-refractivity contribution in [1.82, 2.24) is 4.98 Å². The summed E-state index contributed by atoms with van der Waals surface area (Å²) in [4.78, 5) is 14.7. The minimum Gasteiger partial charge on any atom is -0.324 e. The number of amides is 1. The Balaban J connectivity index is 2.95. The van der Waals surface area contributed by atoms with E-state index in [0.717, 1.165) is 0 Å². The highest BCUT2D eigenvalue weighted by atomic mass is 32.2. The molecule has 1 aromatic rings. The Morgan fingerprint density at radius 2 is 2.43 bits per heavy atom. The van der Waals surface area contributed by atoms with Crippen LogP contribution in [-0.2, 0) is 15.9 Å². The SMILES string of the molecule is CCC(=O)Nc1cccnc1S(=O)O. The Morgan fingerprint density at radius 3 is 3.00 bits per heavy atom. The molecule has 1 heterocycles. The van der Waals surface area contributed by atoms with Crippen molar-refractivity contribution in [3.8, 4) is 0 Å². The van der Waals surface area contributed by atoms with E-state index in [-0.39, 0.29) is 16.6 Å². The molecular formula is C8H10N2O3S. The molecule has 0 radical (unpaired) electrons. The summed E-state index contributed by atoms with van der Waals surface area (Å²) in [6.07, 6.45) is 1.71. The molecule has 0 aliphatic rings. The third-order valence-corrected chi connectivity index (χ3v) is 2.19. The molecule has 5 nitrogen and oxygen atoms in total. The molecule has 2 N–H and O–H groups in total. The van der Waals surface area contributed by atoms with Crippen LogP contribution in [0.1, 0.15) is 13.3 Å². The van der Waals surface area contributed by atoms with Crippen LogP contribution < -0.4 is 5.32 Å². The summed E-state index contributed by atoms with van der Waals surface area (Å²) in [6.45, 7) is 1.70. The number of anilines is 1. The van der Waals surface area contributed by atoms with Crippen LogP contribution in [0.3, 0.4) is 0 Å². The Bertz CT molecular complexity index is 367. The second kappa shape index (κ2) is 4.83. The fourth-order valence-corrected chi connectivity index (χ4v) is 1.32. The highest BCUT2D eigenvalue weighted by Crippen LogP contribution is 2.14. The number of carbonyl (C=O) groups is 1. The molecule has 0 fully saturated rings. The summed E-state index contributed by atoms with van der Waals surface area (Å²) < 4.78 is 19.6. The van der Waals surface area contributed by atoms with E-state index >= 15 is 0 Å². The van der Waals surface area contributed by atoms with Crippen LogP contribution in [0.5, 0.6) is 0 Å². The summed E-state index contributed by atoms with van der Waals surface area (Å²) in [5.41, 5.74) is 0.278. The lowest BCUT2D eigenvalue weighted by atomic mass is 10.4. The zero-order valence-electron chi connectivity index (χ0n) is 7.56. The molecule has 14 heavy (non-hydrogen) atoms. The van der Waals surface area contributed by atoms with Gasteiger partial charge in [-0.1, -0.05) is 6.92 Å². The molecule has 0 saturated heterocycles. The fourth-order valence-electron chi connectivity index (χ4n) is 0.864. The zero-order valence-corrected chi connectivity index (χ0v) is 8.37. The van der Waals surface area contributed by atoms with Gasteiger partial charge < -0.3 is 9.87 Å². The van der Waals surface area contributed by atoms with Gasteiger partial charge in [0.15, 0.2) is 5.03 Å². The molecule has 0 aliphatic carbocycles. The van der Waals surface area contributed by atoms with Crippen LogP contribution >= 0.6 is 0 Å². The van der Waals surface area contributed by atoms with Gasteiger partial charge in [0, 0.05) is 12.6 Å². The molecule has 1 rings (SSSR count). The lowest BCUT2D eigenvalue weighted by Crippen LogP contribution is -2.12. The molecule has 0 aliphatic heterocycles. The highest BCUT2D eigenvalue weighted by Gasteiger charge is 2.10. The van der Waals surface area contributed by atoms with E-state index in [9.17, 15) is 9.00 Å². The van der Waals surface area contributed by atoms with Gasteiger partial charge >= 0.3 is 0 Å². The van der Waals surface area contributed by atoms with Crippen molar-refractivity contribution in [1.29, 1.82) is 0 Å². The van der Waals surface area contributed by atoms with Gasteiger partial charge in [0.2, 0.25) is 17.0 Å². The zero-order chi connectivity index (χ0) is 10.6. The normalized spacial score (nSPS) is 12.1. The quantitative estimate of drug-likeness (QED) is 0.736. The smallest absolute Gasteiger partial charge is 0.224 e. The number of rotatable bonds is 3. The largest absolute Gasteiger partial charge is 0.324 e. The first-order valence-corrected chi connectivity index (χ1v) is 5.11. The van der Waals surface area contributed by atoms with Gasteiger partial charge in [0.25, 0.3) is 0 Å². The standard InChI is InChI=1S/C8H10N2O3S/c1-2-7(11)10-6-4-3-5-9-8(6)14(12)13/h3-5H,2H2,1H3,(H,10,11)(H,12,13). The molecule has 6 heteroatoms. The highest BCUT2D eigenvalue weighted by molar-refractivity contribution is 7.79. The van der Waals surface area contributed by atoms with Crippen molar-refractivity contribution in [2.45, 2.75) is 18.4 Å². The molecule has 1 atom stereocenters. The van der Waals surface area contributed by atoms with E-state index in [0.29, 0.717) is 6.42 Å². The third-order valence-electron chi connectivity index (χ3n) is 1.53. The van der Waals surface area contributed by atoms with Crippen molar-refractivity contribution in [3.05, 3.63) is 18.3 Å². The number of carbonyl (C=O) groups excluding carboxylic acids is 1. The number of nitrogens with one attached hydrogen (secondary N) is 1. The van der Waals surface area contributed by atoms with E-state index < -0.39 is 11.1 Å². The minimum absolute atomic E-state index is 0.0331. The van der Waals surface area contributed by atoms with E-state index in [1.165, 1.54) is 12.3 Å². The number of aromatic nitrogens is 1. The minimum atomic E-state index is -2.18. The van der Waals surface area contributed by atoms with Crippen molar-refractivity contribution in [2.24, 2.45) is 0 Å². The van der Waals surface area contributed by atoms with Crippen molar-refractivity contribution in [3.63, 3.8) is 0 Å². The van der Waals surface area contributed by atoms with Crippen molar-refractivity contribution < 1.29 is 13.6 Å². The molecule has 1 aromatic heterocycles. The number of hydrogen-bond acceptors (Lipinski definition) is 3. The van der Waals surface area contributed by atoms with E-state index in [1.807, 2.05) is 0 Å². The van der Waals surface area contributed by atoms with E-state index in [4.69, 9.17) is 4.55 Å². The summed E-state index contributed by atoms with van der Waals surface area (Å²) in [5.74, 6) is -0.218. The van der Waals surface area contributed by atoms with Crippen LogP contribution in [0.25, 0.3) is 0 Å². The summed E-state index contributed by atoms with van der Waals surface area (Å²) >= 11 is -2.18. The van der Waals surface area contributed by atoms with Gasteiger partial charge in [-0.2, -0.15) is 0 Å². The maximum absolute atomic E-state index is 11.0. The van der Waals surface area contributed by atoms with Crippen molar-refractivity contribution in [2.75, 3.05) is 5.32 Å². The van der Waals surface area contributed by atoms with E-state index in [2.05, 4.69) is 10.3 Å². The molecule has 0 spiro atoms. The maximum Gasteiger partial charge on any atom is 0.224 e. The molecule has 0 saturated carbocycles. The Labute approximate surface area is 83.8 Å². The Morgan fingerprint density at radius 1 is 1.71 bits per heavy atom. The molecule has 0 bridgehead atoms. The molecule has 1 amide bonds. The first-order valence-electron chi connectivity index (χ1n) is 4.01. The van der Waals surface area contributed by atoms with Gasteiger partial charge in [-0.25, -0.2) is 9.19 Å². The van der Waals surface area contributed by atoms with Crippen LogP contribution in [0.4, 0.5) is 5.69 Å². The number of hydrogen-bond donors (Lipinski definition) is 2. The van der Waals surface area contributed by atoms with Crippen LogP contribution in [-0.4, -0.2) is 19.7 Å². The van der Waals surface area contributed by atoms with Gasteiger partial charge in [0.1, 0.15) is 0 Å². The fraction of sp³-hybridized carbons (Fsp3) is 0.250. The summed E-state index contributed by atoms with van der Waals surface area (Å²) in [6, 6.07) is 3.12. The van der Waals surface area contributed by atoms with Gasteiger partial charge in [0.05, 0.1) is 5.69 Å². The summed E-state index contributed by atoms with van der Waals surface area (Å²) in [5, 5.41) is 2.45. The molecular weight excluding hydrogens is 204 g/mol. The van der Waals surface area contributed by atoms with Gasteiger partial charge in [-0.05, 0) is 12.1 Å². The Hall–Kier alpha value is -1.27. The predicted octanol–water partition coefficient (Wildman–Crippen LogP) is 1.01. The Kier molecular flexibility index (Phi) is 3.73. The van der Waals surface area contributed by atoms with Crippen LogP contribution in [0.2, 0.25) is 0 Å². The lowest BCUT2D eigenvalue weighted by Gasteiger charge is -2.05. The monoisotopic (exact) mass is 214 g/mol. The second-order valence-electron chi connectivity index (χ2n) is 2.51. The molecule has 76 valence electrons. The average Bonchev–Trinajstić information content (AvgIpc) is 2.18. The van der Waals surface area contributed by atoms with E-state index in [1.54, 1.807) is 13.0 Å². The van der Waals surface area contributed by atoms with Gasteiger partial charge in [-0.3, -0.25) is 4.79 Å². The third kappa shape index (κ3) is 2.61. The summed E-state index contributed by atoms with van der Waals surface area (Å²) in [7, 11) is 0. The second-order valence-corrected chi connectivity index (χ2v) is 3.39. The topological polar surface area (TPSA) is 79.3 Å². The lowest BCUT2D eigenvalue weighted by molar-refractivity contribution is -0.115. The van der Waals surface area contributed by atoms with Crippen LogP contribution in [0, 0.1) is 0 Å². The van der Waals surface area contributed by atoms with Gasteiger partial charge in [-0.15, -0.1) is 0 Å². The van der Waals surface area contributed by atoms with Crippen LogP contribution in [0.15, 0.2) is 23.4 Å². The first kappa shape index (κ1) is 10.8. The molecule has 0 aromatic carbocycles. The molecule has 1 unspecified atom stereocenters. The number of pyridine rings is 1. The predicted molar refractivity (Wildman–Crippen MR) is 52.2 cm³/mol. The first-order chi connectivity index (χ1) is 6.65. The maximum atomic E-state index is 11.0. The van der Waals surface area contributed by atoms with Crippen molar-refractivity contribution >= 4 is 22.7 Å². The average molecular weight is 214 g/mol.